The van der Waals surface area contributed by atoms with Gasteiger partial charge in [-0.3, -0.25) is 19.2 Å². The van der Waals surface area contributed by atoms with Gasteiger partial charge in [0.15, 0.2) is 5.78 Å². The number of nitrogens with zero attached hydrogens (tertiary/aromatic N) is 3. The van der Waals surface area contributed by atoms with Gasteiger partial charge in [0, 0.05) is 38.3 Å². The molecule has 32 heavy (non-hydrogen) atoms. The number of ketones is 1. The van der Waals surface area contributed by atoms with Crippen molar-refractivity contribution in [3.63, 3.8) is 0 Å². The molecule has 8 heteroatoms. The fraction of sp³-hybridized carbons (Fsp3) is 0.583. The lowest BCUT2D eigenvalue weighted by Crippen LogP contribution is -2.53. The van der Waals surface area contributed by atoms with E-state index in [1.165, 1.54) is 0 Å². The highest BCUT2D eigenvalue weighted by Crippen LogP contribution is 2.31. The molecule has 0 saturated carbocycles. The number of carbonyl (C=O) groups excluding carboxylic acids is 4. The number of Topliss-reactive ketones (excluding diaryl/α,β-unsaturated/α-hetero) is 1. The van der Waals surface area contributed by atoms with Crippen LogP contribution in [0.2, 0.25) is 0 Å². The maximum atomic E-state index is 13.5. The molecule has 2 unspecified atom stereocenters. The third kappa shape index (κ3) is 4.79. The Labute approximate surface area is 189 Å². The standard InChI is InChI=1S/C24H34N4O4/c1-6-21(30)28-14-20(29)22-19(28)11-12-27(22)24(32)18(13-15(2)3)25-23(31)16-7-9-17(10-8-16)26(4)5/h7-10,15,18-19,22H,6,11-14H2,1-5H3,(H,25,31)/t18-,19?,22?/m0/s1. The molecule has 2 aliphatic rings. The van der Waals surface area contributed by atoms with Crippen LogP contribution < -0.4 is 10.2 Å². The first kappa shape index (κ1) is 23.8. The first-order valence-corrected chi connectivity index (χ1v) is 11.3. The largest absolute Gasteiger partial charge is 0.378 e. The minimum atomic E-state index is -0.724. The second-order valence-corrected chi connectivity index (χ2v) is 9.27. The van der Waals surface area contributed by atoms with Crippen molar-refractivity contribution in [3.8, 4) is 0 Å². The molecule has 0 radical (unpaired) electrons. The fourth-order valence-corrected chi connectivity index (χ4v) is 4.64. The van der Waals surface area contributed by atoms with Crippen molar-refractivity contribution in [1.82, 2.24) is 15.1 Å². The Morgan fingerprint density at radius 2 is 1.78 bits per heavy atom. The Kier molecular flexibility index (Phi) is 7.21. The molecule has 0 bridgehead atoms. The van der Waals surface area contributed by atoms with E-state index in [4.69, 9.17) is 0 Å². The monoisotopic (exact) mass is 442 g/mol. The Morgan fingerprint density at radius 3 is 2.34 bits per heavy atom. The van der Waals surface area contributed by atoms with Crippen molar-refractivity contribution in [3.05, 3.63) is 29.8 Å². The van der Waals surface area contributed by atoms with Crippen LogP contribution in [0.15, 0.2) is 24.3 Å². The second kappa shape index (κ2) is 9.71. The molecule has 2 saturated heterocycles. The number of nitrogens with one attached hydrogen (secondary N) is 1. The van der Waals surface area contributed by atoms with Crippen molar-refractivity contribution < 1.29 is 19.2 Å². The predicted octanol–water partition coefficient (Wildman–Crippen LogP) is 1.69. The van der Waals surface area contributed by atoms with Crippen LogP contribution in [0.3, 0.4) is 0 Å². The van der Waals surface area contributed by atoms with Crippen molar-refractivity contribution in [2.75, 3.05) is 32.1 Å². The second-order valence-electron chi connectivity index (χ2n) is 9.27. The normalized spacial score (nSPS) is 21.0. The van der Waals surface area contributed by atoms with Crippen molar-refractivity contribution >= 4 is 29.2 Å². The van der Waals surface area contributed by atoms with Crippen LogP contribution in [0.5, 0.6) is 0 Å². The molecule has 0 aromatic heterocycles. The number of carbonyl (C=O) groups is 4. The minimum absolute atomic E-state index is 0.0607. The Morgan fingerprint density at radius 1 is 1.12 bits per heavy atom. The zero-order valence-electron chi connectivity index (χ0n) is 19.6. The zero-order chi connectivity index (χ0) is 23.6. The number of likely N-dealkylation sites (tertiary alicyclic amines) is 2. The van der Waals surface area contributed by atoms with E-state index in [1.54, 1.807) is 28.9 Å². The molecule has 2 fully saturated rings. The first-order valence-electron chi connectivity index (χ1n) is 11.3. The zero-order valence-corrected chi connectivity index (χ0v) is 19.6. The number of amides is 3. The summed E-state index contributed by atoms with van der Waals surface area (Å²) in [7, 11) is 3.85. The molecule has 8 nitrogen and oxygen atoms in total. The molecule has 1 N–H and O–H groups in total. The molecule has 3 rings (SSSR count). The average molecular weight is 443 g/mol. The summed E-state index contributed by atoms with van der Waals surface area (Å²) in [6.45, 7) is 6.23. The number of fused-ring (bicyclic) bond motifs is 1. The summed E-state index contributed by atoms with van der Waals surface area (Å²) in [5, 5.41) is 2.89. The summed E-state index contributed by atoms with van der Waals surface area (Å²) in [5.74, 6) is -0.546. The SMILES string of the molecule is CCC(=O)N1CC(=O)C2C1CCN2C(=O)[C@H](CC(C)C)NC(=O)c1ccc(N(C)C)cc1. The van der Waals surface area contributed by atoms with Gasteiger partial charge in [-0.05, 0) is 43.0 Å². The third-order valence-corrected chi connectivity index (χ3v) is 6.28. The summed E-state index contributed by atoms with van der Waals surface area (Å²) in [6.07, 6.45) is 1.39. The smallest absolute Gasteiger partial charge is 0.251 e. The van der Waals surface area contributed by atoms with E-state index >= 15 is 0 Å². The van der Waals surface area contributed by atoms with Crippen LogP contribution in [0.1, 0.15) is 50.4 Å². The summed E-state index contributed by atoms with van der Waals surface area (Å²) in [5.41, 5.74) is 1.46. The quantitative estimate of drug-likeness (QED) is 0.694. The van der Waals surface area contributed by atoms with Crippen LogP contribution in [-0.4, -0.2) is 78.6 Å². The van der Waals surface area contributed by atoms with Gasteiger partial charge < -0.3 is 20.0 Å². The van der Waals surface area contributed by atoms with Crippen LogP contribution in [0.25, 0.3) is 0 Å². The van der Waals surface area contributed by atoms with Gasteiger partial charge in [-0.25, -0.2) is 0 Å². The van der Waals surface area contributed by atoms with Gasteiger partial charge in [0.2, 0.25) is 11.8 Å². The van der Waals surface area contributed by atoms with Crippen LogP contribution in [-0.2, 0) is 14.4 Å². The summed E-state index contributed by atoms with van der Waals surface area (Å²) < 4.78 is 0. The minimum Gasteiger partial charge on any atom is -0.378 e. The van der Waals surface area contributed by atoms with Crippen molar-refractivity contribution in [2.45, 2.75) is 58.2 Å². The highest BCUT2D eigenvalue weighted by molar-refractivity contribution is 6.00. The molecule has 3 atom stereocenters. The van der Waals surface area contributed by atoms with Crippen molar-refractivity contribution in [1.29, 1.82) is 0 Å². The molecule has 0 spiro atoms. The van der Waals surface area contributed by atoms with Gasteiger partial charge >= 0.3 is 0 Å². The highest BCUT2D eigenvalue weighted by Gasteiger charge is 2.51. The van der Waals surface area contributed by atoms with Crippen LogP contribution >= 0.6 is 0 Å². The van der Waals surface area contributed by atoms with E-state index in [-0.39, 0.29) is 42.0 Å². The Hall–Kier alpha value is -2.90. The van der Waals surface area contributed by atoms with Gasteiger partial charge in [0.1, 0.15) is 12.1 Å². The maximum absolute atomic E-state index is 13.5. The first-order chi connectivity index (χ1) is 15.1. The van der Waals surface area contributed by atoms with E-state index in [0.717, 1.165) is 5.69 Å². The van der Waals surface area contributed by atoms with Crippen LogP contribution in [0, 0.1) is 5.92 Å². The summed E-state index contributed by atoms with van der Waals surface area (Å²) in [6, 6.07) is 5.60. The van der Waals surface area contributed by atoms with Gasteiger partial charge in [0.25, 0.3) is 5.91 Å². The highest BCUT2D eigenvalue weighted by atomic mass is 16.2. The molecule has 3 amide bonds. The van der Waals surface area contributed by atoms with Crippen molar-refractivity contribution in [2.24, 2.45) is 5.92 Å². The maximum Gasteiger partial charge on any atom is 0.251 e. The number of benzene rings is 1. The number of hydrogen-bond acceptors (Lipinski definition) is 5. The van der Waals surface area contributed by atoms with E-state index in [1.807, 2.05) is 45.0 Å². The van der Waals surface area contributed by atoms with E-state index in [9.17, 15) is 19.2 Å². The number of hydrogen-bond donors (Lipinski definition) is 1. The van der Waals surface area contributed by atoms with E-state index in [0.29, 0.717) is 31.4 Å². The molecule has 2 heterocycles. The lowest BCUT2D eigenvalue weighted by atomic mass is 10.0. The average Bonchev–Trinajstić information content (AvgIpc) is 3.33. The van der Waals surface area contributed by atoms with E-state index in [2.05, 4.69) is 5.32 Å². The van der Waals surface area contributed by atoms with Gasteiger partial charge in [0.05, 0.1) is 12.6 Å². The van der Waals surface area contributed by atoms with Gasteiger partial charge in [-0.2, -0.15) is 0 Å². The Bertz CT molecular complexity index is 880. The van der Waals surface area contributed by atoms with Crippen LogP contribution in [0.4, 0.5) is 5.69 Å². The summed E-state index contributed by atoms with van der Waals surface area (Å²) >= 11 is 0. The molecular formula is C24H34N4O4. The number of anilines is 1. The molecule has 0 aliphatic carbocycles. The molecule has 174 valence electrons. The summed E-state index contributed by atoms with van der Waals surface area (Å²) in [4.78, 5) is 56.4. The van der Waals surface area contributed by atoms with Gasteiger partial charge in [-0.15, -0.1) is 0 Å². The third-order valence-electron chi connectivity index (χ3n) is 6.28. The molecular weight excluding hydrogens is 408 g/mol. The molecule has 1 aromatic carbocycles. The lowest BCUT2D eigenvalue weighted by molar-refractivity contribution is -0.138. The van der Waals surface area contributed by atoms with Gasteiger partial charge in [-0.1, -0.05) is 20.8 Å². The van der Waals surface area contributed by atoms with E-state index < -0.39 is 12.1 Å². The topological polar surface area (TPSA) is 90.0 Å². The molecule has 1 aromatic rings. The fourth-order valence-electron chi connectivity index (χ4n) is 4.64. The Balaban J connectivity index is 1.76. The lowest BCUT2D eigenvalue weighted by Gasteiger charge is -2.29. The molecule has 2 aliphatic heterocycles. The predicted molar refractivity (Wildman–Crippen MR) is 122 cm³/mol. The number of rotatable bonds is 7.